The zero-order valence-corrected chi connectivity index (χ0v) is 8.23. The molecule has 1 atom stereocenters. The van der Waals surface area contributed by atoms with Crippen molar-refractivity contribution in [1.29, 1.82) is 5.26 Å². The molecule has 0 aromatic carbocycles. The van der Waals surface area contributed by atoms with Crippen molar-refractivity contribution in [3.05, 3.63) is 18.2 Å². The van der Waals surface area contributed by atoms with Crippen molar-refractivity contribution < 1.29 is 4.74 Å². The van der Waals surface area contributed by atoms with Crippen molar-refractivity contribution >= 4 is 0 Å². The fourth-order valence-corrected chi connectivity index (χ4v) is 1.86. The van der Waals surface area contributed by atoms with E-state index in [-0.39, 0.29) is 0 Å². The summed E-state index contributed by atoms with van der Waals surface area (Å²) >= 11 is 0. The van der Waals surface area contributed by atoms with Gasteiger partial charge in [-0.2, -0.15) is 5.26 Å². The molecule has 1 aliphatic rings. The van der Waals surface area contributed by atoms with E-state index < -0.39 is 5.41 Å². The first-order valence-corrected chi connectivity index (χ1v) is 4.83. The molecule has 0 radical (unpaired) electrons. The van der Waals surface area contributed by atoms with E-state index in [0.717, 1.165) is 18.8 Å². The van der Waals surface area contributed by atoms with E-state index in [0.29, 0.717) is 13.2 Å². The van der Waals surface area contributed by atoms with Crippen LogP contribution in [-0.4, -0.2) is 22.8 Å². The van der Waals surface area contributed by atoms with Crippen LogP contribution in [0.3, 0.4) is 0 Å². The molecular weight excluding hydrogens is 178 g/mol. The van der Waals surface area contributed by atoms with E-state index in [1.807, 2.05) is 17.7 Å². The Hall–Kier alpha value is -1.34. The fourth-order valence-electron chi connectivity index (χ4n) is 1.86. The highest BCUT2D eigenvalue weighted by atomic mass is 16.5. The van der Waals surface area contributed by atoms with Gasteiger partial charge in [0.25, 0.3) is 0 Å². The predicted octanol–water partition coefficient (Wildman–Crippen LogP) is 1.08. The third kappa shape index (κ3) is 1.21. The molecule has 0 N–H and O–H groups in total. The number of rotatable bonds is 2. The summed E-state index contributed by atoms with van der Waals surface area (Å²) in [6, 6.07) is 2.35. The number of ether oxygens (including phenoxy) is 1. The number of hydrogen-bond acceptors (Lipinski definition) is 3. The van der Waals surface area contributed by atoms with Gasteiger partial charge in [0.1, 0.15) is 11.2 Å². The molecule has 0 aliphatic carbocycles. The molecule has 1 aliphatic heterocycles. The molecule has 1 unspecified atom stereocenters. The molecule has 4 heteroatoms. The third-order valence-corrected chi connectivity index (χ3v) is 2.72. The standard InChI is InChI=1S/C10H13N3O/c1-2-13-5-4-12-9(13)10(7-11)3-6-14-8-10/h4-5H,2-3,6,8H2,1H3. The molecule has 1 saturated heterocycles. The molecule has 4 nitrogen and oxygen atoms in total. The topological polar surface area (TPSA) is 50.8 Å². The van der Waals surface area contributed by atoms with Gasteiger partial charge in [-0.3, -0.25) is 0 Å². The Morgan fingerprint density at radius 2 is 2.64 bits per heavy atom. The van der Waals surface area contributed by atoms with Gasteiger partial charge in [0.15, 0.2) is 0 Å². The Morgan fingerprint density at radius 1 is 1.79 bits per heavy atom. The zero-order valence-electron chi connectivity index (χ0n) is 8.23. The monoisotopic (exact) mass is 191 g/mol. The summed E-state index contributed by atoms with van der Waals surface area (Å²) in [4.78, 5) is 4.27. The molecule has 1 aromatic rings. The van der Waals surface area contributed by atoms with Gasteiger partial charge in [0.05, 0.1) is 12.7 Å². The number of imidazole rings is 1. The SMILES string of the molecule is CCn1ccnc1C1(C#N)CCOC1. The smallest absolute Gasteiger partial charge is 0.140 e. The van der Waals surface area contributed by atoms with Crippen molar-refractivity contribution in [2.24, 2.45) is 0 Å². The highest BCUT2D eigenvalue weighted by molar-refractivity contribution is 5.23. The summed E-state index contributed by atoms with van der Waals surface area (Å²) in [5.41, 5.74) is -0.514. The molecule has 0 bridgehead atoms. The predicted molar refractivity (Wildman–Crippen MR) is 50.6 cm³/mol. The van der Waals surface area contributed by atoms with Gasteiger partial charge >= 0.3 is 0 Å². The first kappa shape index (κ1) is 9.22. The van der Waals surface area contributed by atoms with E-state index in [1.54, 1.807) is 6.20 Å². The van der Waals surface area contributed by atoms with Crippen LogP contribution in [-0.2, 0) is 16.7 Å². The quantitative estimate of drug-likeness (QED) is 0.703. The van der Waals surface area contributed by atoms with Gasteiger partial charge in [-0.05, 0) is 13.3 Å². The Morgan fingerprint density at radius 3 is 3.21 bits per heavy atom. The van der Waals surface area contributed by atoms with Gasteiger partial charge in [0.2, 0.25) is 0 Å². The van der Waals surface area contributed by atoms with Crippen LogP contribution in [0.5, 0.6) is 0 Å². The molecule has 0 amide bonds. The number of hydrogen-bond donors (Lipinski definition) is 0. The fraction of sp³-hybridized carbons (Fsp3) is 0.600. The Balaban J connectivity index is 2.41. The second kappa shape index (κ2) is 3.43. The van der Waals surface area contributed by atoms with E-state index in [1.165, 1.54) is 0 Å². The van der Waals surface area contributed by atoms with Crippen LogP contribution in [0.2, 0.25) is 0 Å². The molecule has 1 fully saturated rings. The molecular formula is C10H13N3O. The number of nitriles is 1. The summed E-state index contributed by atoms with van der Waals surface area (Å²) in [5.74, 6) is 0.847. The van der Waals surface area contributed by atoms with Crippen molar-refractivity contribution in [2.75, 3.05) is 13.2 Å². The highest BCUT2D eigenvalue weighted by Crippen LogP contribution is 2.31. The van der Waals surface area contributed by atoms with Crippen molar-refractivity contribution in [1.82, 2.24) is 9.55 Å². The maximum atomic E-state index is 9.22. The van der Waals surface area contributed by atoms with E-state index in [9.17, 15) is 5.26 Å². The van der Waals surface area contributed by atoms with Gasteiger partial charge in [-0.1, -0.05) is 0 Å². The van der Waals surface area contributed by atoms with E-state index in [2.05, 4.69) is 11.1 Å². The summed E-state index contributed by atoms with van der Waals surface area (Å²) in [6.07, 6.45) is 4.41. The molecule has 74 valence electrons. The molecule has 0 spiro atoms. The maximum absolute atomic E-state index is 9.22. The Bertz CT molecular complexity index is 358. The van der Waals surface area contributed by atoms with Crippen LogP contribution in [0, 0.1) is 11.3 Å². The summed E-state index contributed by atoms with van der Waals surface area (Å²) in [6.45, 7) is 4.02. The van der Waals surface area contributed by atoms with Crippen LogP contribution in [0.15, 0.2) is 12.4 Å². The molecule has 2 rings (SSSR count). The lowest BCUT2D eigenvalue weighted by molar-refractivity contribution is 0.184. The van der Waals surface area contributed by atoms with Gasteiger partial charge in [-0.25, -0.2) is 4.98 Å². The first-order chi connectivity index (χ1) is 6.82. The zero-order chi connectivity index (χ0) is 10.0. The number of aromatic nitrogens is 2. The lowest BCUT2D eigenvalue weighted by Crippen LogP contribution is -2.28. The summed E-state index contributed by atoms with van der Waals surface area (Å²) in [7, 11) is 0. The van der Waals surface area contributed by atoms with Crippen LogP contribution >= 0.6 is 0 Å². The van der Waals surface area contributed by atoms with Crippen LogP contribution in [0.25, 0.3) is 0 Å². The molecule has 14 heavy (non-hydrogen) atoms. The average Bonchev–Trinajstić information content (AvgIpc) is 2.86. The van der Waals surface area contributed by atoms with E-state index >= 15 is 0 Å². The minimum atomic E-state index is -0.514. The third-order valence-electron chi connectivity index (χ3n) is 2.72. The second-order valence-corrected chi connectivity index (χ2v) is 3.53. The Labute approximate surface area is 83.1 Å². The van der Waals surface area contributed by atoms with Gasteiger partial charge in [-0.15, -0.1) is 0 Å². The molecule has 2 heterocycles. The first-order valence-electron chi connectivity index (χ1n) is 4.83. The normalized spacial score (nSPS) is 26.3. The van der Waals surface area contributed by atoms with Crippen molar-refractivity contribution in [2.45, 2.75) is 25.3 Å². The summed E-state index contributed by atoms with van der Waals surface area (Å²) in [5, 5.41) is 9.22. The largest absolute Gasteiger partial charge is 0.379 e. The van der Waals surface area contributed by atoms with Crippen molar-refractivity contribution in [3.63, 3.8) is 0 Å². The average molecular weight is 191 g/mol. The molecule has 0 saturated carbocycles. The maximum Gasteiger partial charge on any atom is 0.140 e. The van der Waals surface area contributed by atoms with Crippen LogP contribution in [0.1, 0.15) is 19.2 Å². The number of aryl methyl sites for hydroxylation is 1. The van der Waals surface area contributed by atoms with Crippen LogP contribution in [0.4, 0.5) is 0 Å². The Kier molecular flexibility index (Phi) is 2.26. The minimum Gasteiger partial charge on any atom is -0.379 e. The van der Waals surface area contributed by atoms with Crippen LogP contribution < -0.4 is 0 Å². The lowest BCUT2D eigenvalue weighted by Gasteiger charge is -2.18. The van der Waals surface area contributed by atoms with Crippen molar-refractivity contribution in [3.8, 4) is 6.07 Å². The minimum absolute atomic E-state index is 0.473. The second-order valence-electron chi connectivity index (χ2n) is 3.53. The van der Waals surface area contributed by atoms with Gasteiger partial charge < -0.3 is 9.30 Å². The van der Waals surface area contributed by atoms with E-state index in [4.69, 9.17) is 4.74 Å². The number of nitrogens with zero attached hydrogens (tertiary/aromatic N) is 3. The summed E-state index contributed by atoms with van der Waals surface area (Å²) < 4.78 is 7.31. The highest BCUT2D eigenvalue weighted by Gasteiger charge is 2.40. The van der Waals surface area contributed by atoms with Gasteiger partial charge in [0, 0.05) is 25.5 Å². The lowest BCUT2D eigenvalue weighted by atomic mass is 9.88. The molecule has 1 aromatic heterocycles.